The molecule has 1 unspecified atom stereocenters. The molecule has 2 aromatic rings. The molecule has 0 spiro atoms. The van der Waals surface area contributed by atoms with Gasteiger partial charge in [-0.2, -0.15) is 9.36 Å². The van der Waals surface area contributed by atoms with Gasteiger partial charge in [0, 0.05) is 41.2 Å². The number of carbonyl (C=O) groups excluding carboxylic acids is 2. The van der Waals surface area contributed by atoms with E-state index in [9.17, 15) is 9.59 Å². The quantitative estimate of drug-likeness (QED) is 0.145. The van der Waals surface area contributed by atoms with E-state index in [0.717, 1.165) is 22.9 Å². The first-order valence-corrected chi connectivity index (χ1v) is 11.2. The van der Waals surface area contributed by atoms with Crippen LogP contribution in [-0.2, 0) is 21.0 Å². The van der Waals surface area contributed by atoms with Gasteiger partial charge in [0.2, 0.25) is 11.5 Å². The van der Waals surface area contributed by atoms with Gasteiger partial charge in [-0.25, -0.2) is 4.57 Å². The number of nitrogens with one attached hydrogen (secondary N) is 1. The number of amides is 2. The van der Waals surface area contributed by atoms with Crippen LogP contribution in [0.15, 0.2) is 60.2 Å². The molecule has 3 N–H and O–H groups in total. The first kappa shape index (κ1) is 21.0. The Morgan fingerprint density at radius 1 is 1.45 bits per heavy atom. The Morgan fingerprint density at radius 3 is 2.97 bits per heavy atom. The molecule has 2 atom stereocenters. The average Bonchev–Trinajstić information content (AvgIpc) is 3.21. The minimum absolute atomic E-state index is 0.0473. The van der Waals surface area contributed by atoms with Gasteiger partial charge in [-0.3, -0.25) is 9.59 Å². The third-order valence-electron chi connectivity index (χ3n) is 4.51. The van der Waals surface area contributed by atoms with E-state index < -0.39 is 11.9 Å². The van der Waals surface area contributed by atoms with Crippen LogP contribution in [-0.4, -0.2) is 55.6 Å². The van der Waals surface area contributed by atoms with E-state index >= 15 is 0 Å². The van der Waals surface area contributed by atoms with E-state index in [1.165, 1.54) is 6.08 Å². The number of hydrogen-bond acceptors (Lipinski definition) is 9. The number of rotatable bonds is 8. The fourth-order valence-electron chi connectivity index (χ4n) is 3.10. The van der Waals surface area contributed by atoms with Gasteiger partial charge < -0.3 is 20.8 Å². The predicted molar refractivity (Wildman–Crippen MR) is 117 cm³/mol. The highest BCUT2D eigenvalue weighted by molar-refractivity contribution is 8.00. The van der Waals surface area contributed by atoms with Crippen LogP contribution in [0.2, 0.25) is 0 Å². The number of oxime groups is 1. The zero-order chi connectivity index (χ0) is 21.8. The Bertz CT molecular complexity index is 1050. The summed E-state index contributed by atoms with van der Waals surface area (Å²) < 4.78 is 6.06. The SMILES string of the molecule is C=CCON=C(C(=O)NC1C(=O)N2C=C(C[n+]3ccccc3)CS[C@@H]12)c1nsc(N)n1. The Labute approximate surface area is 186 Å². The first-order valence-electron chi connectivity index (χ1n) is 9.35. The lowest BCUT2D eigenvalue weighted by Crippen LogP contribution is -2.69. The van der Waals surface area contributed by atoms with Crippen molar-refractivity contribution in [2.45, 2.75) is 18.0 Å². The number of fused-ring (bicyclic) bond motifs is 1. The van der Waals surface area contributed by atoms with E-state index in [0.29, 0.717) is 6.54 Å². The Hall–Kier alpha value is -3.25. The minimum atomic E-state index is -0.666. The number of pyridine rings is 1. The maximum atomic E-state index is 12.8. The second-order valence-corrected chi connectivity index (χ2v) is 8.60. The average molecular weight is 459 g/mol. The van der Waals surface area contributed by atoms with Crippen molar-refractivity contribution in [2.24, 2.45) is 5.16 Å². The summed E-state index contributed by atoms with van der Waals surface area (Å²) in [6, 6.07) is 5.21. The number of thioether (sulfide) groups is 1. The molecule has 0 aromatic carbocycles. The van der Waals surface area contributed by atoms with Crippen molar-refractivity contribution in [3.63, 3.8) is 0 Å². The van der Waals surface area contributed by atoms with Crippen molar-refractivity contribution in [3.05, 3.63) is 60.8 Å². The highest BCUT2D eigenvalue weighted by Gasteiger charge is 2.50. The predicted octanol–water partition coefficient (Wildman–Crippen LogP) is 0.299. The fraction of sp³-hybridized carbons (Fsp3) is 0.263. The number of anilines is 1. The maximum absolute atomic E-state index is 12.8. The third-order valence-corrected chi connectivity index (χ3v) is 6.43. The van der Waals surface area contributed by atoms with Gasteiger partial charge in [-0.15, -0.1) is 11.8 Å². The van der Waals surface area contributed by atoms with Crippen LogP contribution >= 0.6 is 23.3 Å². The lowest BCUT2D eigenvalue weighted by molar-refractivity contribution is -0.689. The monoisotopic (exact) mass is 458 g/mol. The van der Waals surface area contributed by atoms with Gasteiger partial charge >= 0.3 is 0 Å². The van der Waals surface area contributed by atoms with Crippen molar-refractivity contribution in [3.8, 4) is 0 Å². The summed E-state index contributed by atoms with van der Waals surface area (Å²) in [4.78, 5) is 36.2. The molecule has 1 fully saturated rings. The molecule has 0 radical (unpaired) electrons. The summed E-state index contributed by atoms with van der Waals surface area (Å²) >= 11 is 2.54. The van der Waals surface area contributed by atoms with E-state index in [-0.39, 0.29) is 34.6 Å². The molecular formula is C19H20N7O3S2+. The molecule has 4 rings (SSSR count). The number of nitrogens with two attached hydrogens (primary N) is 1. The topological polar surface area (TPSA) is 127 Å². The Morgan fingerprint density at radius 2 is 2.26 bits per heavy atom. The van der Waals surface area contributed by atoms with Gasteiger partial charge in [0.1, 0.15) is 18.0 Å². The molecule has 2 aliphatic rings. The molecule has 12 heteroatoms. The summed E-state index contributed by atoms with van der Waals surface area (Å²) in [5.41, 5.74) is 6.60. The lowest BCUT2D eigenvalue weighted by atomic mass is 10.1. The van der Waals surface area contributed by atoms with Crippen LogP contribution in [0, 0.1) is 0 Å². The van der Waals surface area contributed by atoms with Crippen LogP contribution < -0.4 is 15.6 Å². The normalized spacial score (nSPS) is 20.4. The first-order chi connectivity index (χ1) is 15.1. The zero-order valence-electron chi connectivity index (χ0n) is 16.4. The van der Waals surface area contributed by atoms with Crippen molar-refractivity contribution in [2.75, 3.05) is 18.1 Å². The number of aromatic nitrogens is 3. The number of nitrogen functional groups attached to an aromatic ring is 1. The van der Waals surface area contributed by atoms with Crippen molar-refractivity contribution in [1.82, 2.24) is 19.6 Å². The van der Waals surface area contributed by atoms with Gasteiger partial charge in [0.25, 0.3) is 11.8 Å². The zero-order valence-corrected chi connectivity index (χ0v) is 18.0. The maximum Gasteiger partial charge on any atom is 0.278 e. The standard InChI is InChI=1S/C19H19N7O3S2/c1-2-8-29-23-13(15-22-19(20)31-24-15)16(27)21-14-17(28)26-10-12(11-30-18(14)26)9-25-6-4-3-5-7-25/h2-7,10,14,18H,1,8-9,11H2,(H2-,20,21,22,24,27)/p+1/t14?,18-/m0/s1. The Balaban J connectivity index is 1.43. The van der Waals surface area contributed by atoms with Gasteiger partial charge in [-0.1, -0.05) is 23.9 Å². The number of carbonyl (C=O) groups is 2. The van der Waals surface area contributed by atoms with E-state index in [4.69, 9.17) is 10.6 Å². The molecular weight excluding hydrogens is 438 g/mol. The number of hydrogen-bond donors (Lipinski definition) is 2. The van der Waals surface area contributed by atoms with Crippen LogP contribution in [0.5, 0.6) is 0 Å². The molecule has 160 valence electrons. The van der Waals surface area contributed by atoms with Crippen LogP contribution in [0.4, 0.5) is 5.13 Å². The van der Waals surface area contributed by atoms with E-state index in [2.05, 4.69) is 31.0 Å². The molecule has 0 bridgehead atoms. The molecule has 10 nitrogen and oxygen atoms in total. The molecule has 2 amide bonds. The summed E-state index contributed by atoms with van der Waals surface area (Å²) in [5.74, 6) is 0.0235. The van der Waals surface area contributed by atoms with Crippen molar-refractivity contribution < 1.29 is 19.0 Å². The molecule has 2 aliphatic heterocycles. The molecule has 31 heavy (non-hydrogen) atoms. The van der Waals surface area contributed by atoms with Gasteiger partial charge in [-0.05, 0) is 0 Å². The van der Waals surface area contributed by atoms with Crippen molar-refractivity contribution >= 4 is 46.0 Å². The lowest BCUT2D eigenvalue weighted by Gasteiger charge is -2.47. The number of nitrogens with zero attached hydrogens (tertiary/aromatic N) is 5. The van der Waals surface area contributed by atoms with Crippen LogP contribution in [0.1, 0.15) is 5.82 Å². The largest absolute Gasteiger partial charge is 0.391 e. The van der Waals surface area contributed by atoms with E-state index in [1.54, 1.807) is 16.7 Å². The summed E-state index contributed by atoms with van der Waals surface area (Å²) in [6.07, 6.45) is 7.32. The second kappa shape index (κ2) is 9.27. The molecule has 0 saturated carbocycles. The summed E-state index contributed by atoms with van der Waals surface area (Å²) in [6.45, 7) is 4.35. The molecule has 2 aromatic heterocycles. The number of β-lactam (4-membered cyclic amide) rings is 1. The van der Waals surface area contributed by atoms with E-state index in [1.807, 2.05) is 36.8 Å². The van der Waals surface area contributed by atoms with Crippen LogP contribution in [0.25, 0.3) is 0 Å². The summed E-state index contributed by atoms with van der Waals surface area (Å²) in [7, 11) is 0. The van der Waals surface area contributed by atoms with Crippen molar-refractivity contribution in [1.29, 1.82) is 0 Å². The molecule has 1 saturated heterocycles. The third kappa shape index (κ3) is 4.59. The highest BCUT2D eigenvalue weighted by atomic mass is 32.2. The minimum Gasteiger partial charge on any atom is -0.391 e. The molecule has 4 heterocycles. The smallest absolute Gasteiger partial charge is 0.278 e. The van der Waals surface area contributed by atoms with Gasteiger partial charge in [0.15, 0.2) is 24.1 Å². The van der Waals surface area contributed by atoms with Gasteiger partial charge in [0.05, 0.1) is 0 Å². The highest BCUT2D eigenvalue weighted by Crippen LogP contribution is 2.36. The Kier molecular flexibility index (Phi) is 6.28. The van der Waals surface area contributed by atoms with Crippen LogP contribution in [0.3, 0.4) is 0 Å². The summed E-state index contributed by atoms with van der Waals surface area (Å²) in [5, 5.41) is 6.56. The second-order valence-electron chi connectivity index (χ2n) is 6.71. The fourth-order valence-corrected chi connectivity index (χ4v) is 4.79. The molecule has 0 aliphatic carbocycles.